The lowest BCUT2D eigenvalue weighted by atomic mass is 10.2. The number of para-hydroxylation sites is 2. The Morgan fingerprint density at radius 1 is 1.14 bits per heavy atom. The summed E-state index contributed by atoms with van der Waals surface area (Å²) in [5, 5.41) is 0. The van der Waals surface area contributed by atoms with Crippen LogP contribution in [0.25, 0.3) is 0 Å². The summed E-state index contributed by atoms with van der Waals surface area (Å²) in [4.78, 5) is 4.39. The first-order chi connectivity index (χ1) is 6.63. The van der Waals surface area contributed by atoms with Crippen LogP contribution < -0.4 is 9.80 Å². The normalized spacial score (nSPS) is 15.3. The van der Waals surface area contributed by atoms with E-state index in [9.17, 15) is 0 Å². The predicted molar refractivity (Wildman–Crippen MR) is 61.6 cm³/mol. The van der Waals surface area contributed by atoms with Crippen LogP contribution in [0.2, 0.25) is 0 Å². The predicted octanol–water partition coefficient (Wildman–Crippen LogP) is 2.82. The molecule has 0 fully saturated rings. The molecule has 0 saturated carbocycles. The third-order valence-corrected chi connectivity index (χ3v) is 2.68. The molecule has 1 aromatic rings. The molecule has 0 atom stereocenters. The van der Waals surface area contributed by atoms with Crippen molar-refractivity contribution in [3.8, 4) is 0 Å². The molecule has 2 nitrogen and oxygen atoms in total. The van der Waals surface area contributed by atoms with Crippen molar-refractivity contribution in [1.29, 1.82) is 0 Å². The molecule has 2 heteroatoms. The summed E-state index contributed by atoms with van der Waals surface area (Å²) < 4.78 is 0. The van der Waals surface area contributed by atoms with E-state index in [1.165, 1.54) is 11.4 Å². The summed E-state index contributed by atoms with van der Waals surface area (Å²) in [6.45, 7) is 8.47. The van der Waals surface area contributed by atoms with Crippen LogP contribution in [0, 0.1) is 0 Å². The van der Waals surface area contributed by atoms with E-state index in [4.69, 9.17) is 0 Å². The highest BCUT2D eigenvalue weighted by Gasteiger charge is 2.28. The molecular formula is C12H16N2. The average Bonchev–Trinajstić information content (AvgIpc) is 2.41. The van der Waals surface area contributed by atoms with Gasteiger partial charge in [-0.2, -0.15) is 0 Å². The van der Waals surface area contributed by atoms with Crippen LogP contribution in [-0.4, -0.2) is 13.1 Å². The van der Waals surface area contributed by atoms with Gasteiger partial charge in [-0.15, -0.1) is 0 Å². The van der Waals surface area contributed by atoms with Crippen LogP contribution in [0.15, 0.2) is 36.7 Å². The van der Waals surface area contributed by atoms with Gasteiger partial charge in [0.15, 0.2) is 0 Å². The Morgan fingerprint density at radius 2 is 1.71 bits per heavy atom. The minimum absolute atomic E-state index is 0.452. The van der Waals surface area contributed by atoms with Gasteiger partial charge in [-0.3, -0.25) is 0 Å². The zero-order chi connectivity index (χ0) is 10.3. The van der Waals surface area contributed by atoms with E-state index in [2.05, 4.69) is 61.5 Å². The minimum atomic E-state index is 0.452. The van der Waals surface area contributed by atoms with E-state index in [-0.39, 0.29) is 0 Å². The SMILES string of the molecule is C=C1N(C)c2ccccc2N1C(C)C. The summed E-state index contributed by atoms with van der Waals surface area (Å²) >= 11 is 0. The second-order valence-corrected chi connectivity index (χ2v) is 3.93. The quantitative estimate of drug-likeness (QED) is 0.668. The van der Waals surface area contributed by atoms with Crippen molar-refractivity contribution < 1.29 is 0 Å². The third-order valence-electron chi connectivity index (χ3n) is 2.68. The fourth-order valence-corrected chi connectivity index (χ4v) is 1.97. The number of fused-ring (bicyclic) bond motifs is 1. The topological polar surface area (TPSA) is 6.48 Å². The van der Waals surface area contributed by atoms with Crippen LogP contribution in [0.3, 0.4) is 0 Å². The van der Waals surface area contributed by atoms with Gasteiger partial charge in [-0.05, 0) is 26.0 Å². The molecule has 0 aliphatic carbocycles. The van der Waals surface area contributed by atoms with Gasteiger partial charge in [-0.25, -0.2) is 0 Å². The number of nitrogens with zero attached hydrogens (tertiary/aromatic N) is 2. The summed E-state index contributed by atoms with van der Waals surface area (Å²) in [5.41, 5.74) is 2.50. The molecule has 0 bridgehead atoms. The molecule has 0 saturated heterocycles. The second kappa shape index (κ2) is 3.05. The van der Waals surface area contributed by atoms with Crippen molar-refractivity contribution in [2.45, 2.75) is 19.9 Å². The highest BCUT2D eigenvalue weighted by molar-refractivity contribution is 5.82. The summed E-state index contributed by atoms with van der Waals surface area (Å²) in [5.74, 6) is 1.06. The highest BCUT2D eigenvalue weighted by Crippen LogP contribution is 2.40. The third kappa shape index (κ3) is 1.10. The zero-order valence-corrected chi connectivity index (χ0v) is 8.99. The number of rotatable bonds is 1. The Labute approximate surface area is 85.4 Å². The number of benzene rings is 1. The smallest absolute Gasteiger partial charge is 0.106 e. The first kappa shape index (κ1) is 9.13. The summed E-state index contributed by atoms with van der Waals surface area (Å²) in [7, 11) is 2.06. The number of anilines is 2. The number of hydrogen-bond donors (Lipinski definition) is 0. The highest BCUT2D eigenvalue weighted by atomic mass is 15.4. The Bertz CT molecular complexity index is 368. The molecule has 1 heterocycles. The van der Waals surface area contributed by atoms with Gasteiger partial charge in [-0.1, -0.05) is 18.7 Å². The van der Waals surface area contributed by atoms with Gasteiger partial charge in [0.2, 0.25) is 0 Å². The van der Waals surface area contributed by atoms with E-state index >= 15 is 0 Å². The molecule has 74 valence electrons. The molecular weight excluding hydrogens is 172 g/mol. The van der Waals surface area contributed by atoms with Crippen molar-refractivity contribution in [3.05, 3.63) is 36.7 Å². The Hall–Kier alpha value is -1.44. The van der Waals surface area contributed by atoms with Crippen LogP contribution in [0.1, 0.15) is 13.8 Å². The monoisotopic (exact) mass is 188 g/mol. The lowest BCUT2D eigenvalue weighted by Crippen LogP contribution is -2.30. The van der Waals surface area contributed by atoms with Gasteiger partial charge in [0.25, 0.3) is 0 Å². The van der Waals surface area contributed by atoms with Crippen molar-refractivity contribution in [1.82, 2.24) is 0 Å². The Morgan fingerprint density at radius 3 is 2.29 bits per heavy atom. The first-order valence-corrected chi connectivity index (χ1v) is 4.94. The fraction of sp³-hybridized carbons (Fsp3) is 0.333. The molecule has 14 heavy (non-hydrogen) atoms. The van der Waals surface area contributed by atoms with E-state index in [0.717, 1.165) is 5.82 Å². The lowest BCUT2D eigenvalue weighted by molar-refractivity contribution is 0.759. The molecule has 1 aromatic carbocycles. The minimum Gasteiger partial charge on any atom is -0.330 e. The van der Waals surface area contributed by atoms with Crippen molar-refractivity contribution in [2.75, 3.05) is 16.8 Å². The maximum absolute atomic E-state index is 4.10. The summed E-state index contributed by atoms with van der Waals surface area (Å²) in [6, 6.07) is 8.86. The van der Waals surface area contributed by atoms with Gasteiger partial charge in [0.1, 0.15) is 5.82 Å². The second-order valence-electron chi connectivity index (χ2n) is 3.93. The summed E-state index contributed by atoms with van der Waals surface area (Å²) in [6.07, 6.45) is 0. The van der Waals surface area contributed by atoms with E-state index in [0.29, 0.717) is 6.04 Å². The van der Waals surface area contributed by atoms with E-state index in [1.807, 2.05) is 0 Å². The van der Waals surface area contributed by atoms with Gasteiger partial charge >= 0.3 is 0 Å². The molecule has 2 rings (SSSR count). The van der Waals surface area contributed by atoms with Crippen LogP contribution in [0.4, 0.5) is 11.4 Å². The number of hydrogen-bond acceptors (Lipinski definition) is 2. The molecule has 0 radical (unpaired) electrons. The van der Waals surface area contributed by atoms with Crippen LogP contribution in [0.5, 0.6) is 0 Å². The maximum Gasteiger partial charge on any atom is 0.106 e. The first-order valence-electron chi connectivity index (χ1n) is 4.94. The molecule has 0 aromatic heterocycles. The van der Waals surface area contributed by atoms with Gasteiger partial charge in [0, 0.05) is 13.1 Å². The van der Waals surface area contributed by atoms with E-state index < -0.39 is 0 Å². The molecule has 0 amide bonds. The van der Waals surface area contributed by atoms with Gasteiger partial charge in [0.05, 0.1) is 11.4 Å². The molecule has 1 aliphatic heterocycles. The van der Waals surface area contributed by atoms with Gasteiger partial charge < -0.3 is 9.80 Å². The lowest BCUT2D eigenvalue weighted by Gasteiger charge is -2.25. The Kier molecular flexibility index (Phi) is 1.99. The van der Waals surface area contributed by atoms with Crippen LogP contribution >= 0.6 is 0 Å². The Balaban J connectivity index is 2.53. The van der Waals surface area contributed by atoms with Crippen molar-refractivity contribution in [2.24, 2.45) is 0 Å². The average molecular weight is 188 g/mol. The molecule has 0 N–H and O–H groups in total. The zero-order valence-electron chi connectivity index (χ0n) is 8.99. The van der Waals surface area contributed by atoms with Crippen molar-refractivity contribution >= 4 is 11.4 Å². The largest absolute Gasteiger partial charge is 0.330 e. The fourth-order valence-electron chi connectivity index (χ4n) is 1.97. The molecule has 1 aliphatic rings. The van der Waals surface area contributed by atoms with Crippen molar-refractivity contribution in [3.63, 3.8) is 0 Å². The van der Waals surface area contributed by atoms with E-state index in [1.54, 1.807) is 0 Å². The maximum atomic E-state index is 4.10. The standard InChI is InChI=1S/C12H16N2/c1-9(2)14-10(3)13(4)11-7-5-6-8-12(11)14/h5-9H,3H2,1-2,4H3. The molecule has 0 spiro atoms. The molecule has 0 unspecified atom stereocenters. The van der Waals surface area contributed by atoms with Crippen LogP contribution in [-0.2, 0) is 0 Å².